The Morgan fingerprint density at radius 1 is 0.919 bits per heavy atom. The summed E-state index contributed by atoms with van der Waals surface area (Å²) in [5, 5.41) is 2.48. The maximum atomic E-state index is 12.8. The first-order valence-corrected chi connectivity index (χ1v) is 12.1. The zero-order valence-electron chi connectivity index (χ0n) is 21.5. The van der Waals surface area contributed by atoms with E-state index >= 15 is 0 Å². The number of aryl methyl sites for hydroxylation is 1. The van der Waals surface area contributed by atoms with Gasteiger partial charge in [0.2, 0.25) is 11.4 Å². The minimum Gasteiger partial charge on any atom is -0.497 e. The molecule has 0 atom stereocenters. The molecule has 0 aliphatic rings. The highest BCUT2D eigenvalue weighted by molar-refractivity contribution is 6.07. The molecule has 0 aliphatic heterocycles. The maximum Gasteiger partial charge on any atom is 0.343 e. The molecule has 0 unspecified atom stereocenters. The maximum absolute atomic E-state index is 12.8. The molecule has 1 heterocycles. The molecule has 0 spiro atoms. The standard InChI is InChI=1S/C28H32N2O7/c1-5-35-26(32)28(30-19(3)31,27(33)36-6-2)16-15-20-7-11-22(12-8-20)24-18-37-25(29-24)17-21-9-13-23(34-4)14-10-21/h7-14,18H,5-6,15-17H2,1-4H3,(H,30,31). The topological polar surface area (TPSA) is 117 Å². The average molecular weight is 509 g/mol. The number of methoxy groups -OCH3 is 1. The Hall–Kier alpha value is -4.14. The number of hydrogen-bond donors (Lipinski definition) is 1. The van der Waals surface area contributed by atoms with E-state index in [9.17, 15) is 14.4 Å². The summed E-state index contributed by atoms with van der Waals surface area (Å²) >= 11 is 0. The van der Waals surface area contributed by atoms with Gasteiger partial charge in [-0.2, -0.15) is 0 Å². The molecule has 9 heteroatoms. The number of esters is 2. The van der Waals surface area contributed by atoms with Crippen molar-refractivity contribution < 1.29 is 33.0 Å². The molecule has 2 aromatic carbocycles. The van der Waals surface area contributed by atoms with Gasteiger partial charge in [0.15, 0.2) is 5.89 Å². The zero-order chi connectivity index (χ0) is 26.8. The summed E-state index contributed by atoms with van der Waals surface area (Å²) in [5.74, 6) is -0.837. The van der Waals surface area contributed by atoms with E-state index in [1.807, 2.05) is 48.5 Å². The summed E-state index contributed by atoms with van der Waals surface area (Å²) in [7, 11) is 1.63. The third kappa shape index (κ3) is 6.97. The smallest absolute Gasteiger partial charge is 0.343 e. The van der Waals surface area contributed by atoms with Gasteiger partial charge in [-0.15, -0.1) is 0 Å². The van der Waals surface area contributed by atoms with Gasteiger partial charge in [0.05, 0.1) is 20.3 Å². The van der Waals surface area contributed by atoms with Crippen molar-refractivity contribution in [1.82, 2.24) is 10.3 Å². The molecule has 1 N–H and O–H groups in total. The molecule has 37 heavy (non-hydrogen) atoms. The van der Waals surface area contributed by atoms with Crippen molar-refractivity contribution in [3.63, 3.8) is 0 Å². The van der Waals surface area contributed by atoms with Gasteiger partial charge in [0.25, 0.3) is 0 Å². The van der Waals surface area contributed by atoms with E-state index in [1.54, 1.807) is 27.2 Å². The Morgan fingerprint density at radius 2 is 1.51 bits per heavy atom. The van der Waals surface area contributed by atoms with Gasteiger partial charge in [-0.05, 0) is 49.9 Å². The minimum atomic E-state index is -1.92. The second-order valence-corrected chi connectivity index (χ2v) is 8.38. The molecule has 3 rings (SSSR count). The lowest BCUT2D eigenvalue weighted by atomic mass is 9.90. The van der Waals surface area contributed by atoms with Crippen LogP contribution in [0, 0.1) is 0 Å². The number of ether oxygens (including phenoxy) is 3. The molecule has 196 valence electrons. The van der Waals surface area contributed by atoms with Crippen LogP contribution in [0.25, 0.3) is 11.3 Å². The number of oxazole rings is 1. The van der Waals surface area contributed by atoms with Crippen LogP contribution in [0.5, 0.6) is 5.75 Å². The van der Waals surface area contributed by atoms with Crippen LogP contribution in [0.1, 0.15) is 44.2 Å². The SMILES string of the molecule is CCOC(=O)C(CCc1ccc(-c2coc(Cc3ccc(OC)cc3)n2)cc1)(NC(C)=O)C(=O)OCC. The van der Waals surface area contributed by atoms with E-state index in [1.165, 1.54) is 6.92 Å². The molecule has 1 aromatic heterocycles. The first-order valence-electron chi connectivity index (χ1n) is 12.1. The average Bonchev–Trinajstić information content (AvgIpc) is 3.35. The molecule has 9 nitrogen and oxygen atoms in total. The summed E-state index contributed by atoms with van der Waals surface area (Å²) in [6.07, 6.45) is 2.46. The number of rotatable bonds is 12. The van der Waals surface area contributed by atoms with Crippen molar-refractivity contribution in [3.05, 3.63) is 71.8 Å². The lowest BCUT2D eigenvalue weighted by Gasteiger charge is -2.29. The van der Waals surface area contributed by atoms with E-state index in [4.69, 9.17) is 18.6 Å². The van der Waals surface area contributed by atoms with Crippen molar-refractivity contribution in [1.29, 1.82) is 0 Å². The fraction of sp³-hybridized carbons (Fsp3) is 0.357. The van der Waals surface area contributed by atoms with E-state index in [0.717, 1.165) is 22.4 Å². The molecule has 0 saturated heterocycles. The molecular weight excluding hydrogens is 476 g/mol. The third-order valence-corrected chi connectivity index (χ3v) is 5.74. The van der Waals surface area contributed by atoms with Gasteiger partial charge in [-0.3, -0.25) is 4.79 Å². The van der Waals surface area contributed by atoms with Crippen molar-refractivity contribution >= 4 is 17.8 Å². The Labute approximate surface area is 216 Å². The van der Waals surface area contributed by atoms with E-state index < -0.39 is 23.4 Å². The molecule has 0 fully saturated rings. The highest BCUT2D eigenvalue weighted by atomic mass is 16.6. The van der Waals surface area contributed by atoms with Crippen LogP contribution in [0.3, 0.4) is 0 Å². The molecule has 3 aromatic rings. The van der Waals surface area contributed by atoms with E-state index in [0.29, 0.717) is 24.4 Å². The van der Waals surface area contributed by atoms with Crippen molar-refractivity contribution in [2.75, 3.05) is 20.3 Å². The number of amides is 1. The monoisotopic (exact) mass is 508 g/mol. The van der Waals surface area contributed by atoms with Crippen LogP contribution in [0.15, 0.2) is 59.2 Å². The van der Waals surface area contributed by atoms with Gasteiger partial charge in [0.1, 0.15) is 17.7 Å². The first kappa shape index (κ1) is 27.4. The second-order valence-electron chi connectivity index (χ2n) is 8.38. The molecular formula is C28H32N2O7. The Bertz CT molecular complexity index is 1180. The number of aromatic nitrogens is 1. The quantitative estimate of drug-likeness (QED) is 0.289. The highest BCUT2D eigenvalue weighted by Gasteiger charge is 2.49. The van der Waals surface area contributed by atoms with Crippen LogP contribution in [-0.4, -0.2) is 48.7 Å². The molecule has 0 bridgehead atoms. The fourth-order valence-electron chi connectivity index (χ4n) is 3.88. The molecule has 1 amide bonds. The lowest BCUT2D eigenvalue weighted by molar-refractivity contribution is -0.168. The molecule has 0 radical (unpaired) electrons. The van der Waals surface area contributed by atoms with Crippen LogP contribution in [-0.2, 0) is 36.7 Å². The second kappa shape index (κ2) is 12.7. The molecule has 0 saturated carbocycles. The van der Waals surface area contributed by atoms with Crippen LogP contribution in [0.2, 0.25) is 0 Å². The van der Waals surface area contributed by atoms with Crippen molar-refractivity contribution in [3.8, 4) is 17.0 Å². The normalized spacial score (nSPS) is 11.0. The Balaban J connectivity index is 1.72. The number of nitrogens with zero attached hydrogens (tertiary/aromatic N) is 1. The van der Waals surface area contributed by atoms with Crippen LogP contribution in [0.4, 0.5) is 0 Å². The van der Waals surface area contributed by atoms with Gasteiger partial charge >= 0.3 is 11.9 Å². The van der Waals surface area contributed by atoms with Gasteiger partial charge in [0, 0.05) is 18.9 Å². The number of nitrogens with one attached hydrogen (secondary N) is 1. The Morgan fingerprint density at radius 3 is 2.05 bits per heavy atom. The third-order valence-electron chi connectivity index (χ3n) is 5.74. The fourth-order valence-corrected chi connectivity index (χ4v) is 3.88. The number of hydrogen-bond acceptors (Lipinski definition) is 8. The van der Waals surface area contributed by atoms with Crippen molar-refractivity contribution in [2.45, 2.75) is 45.6 Å². The highest BCUT2D eigenvalue weighted by Crippen LogP contribution is 2.24. The van der Waals surface area contributed by atoms with Crippen LogP contribution >= 0.6 is 0 Å². The Kier molecular flexibility index (Phi) is 9.43. The van der Waals surface area contributed by atoms with Gasteiger partial charge < -0.3 is 23.9 Å². The predicted molar refractivity (Wildman–Crippen MR) is 136 cm³/mol. The minimum absolute atomic E-state index is 0.0143. The number of benzene rings is 2. The van der Waals surface area contributed by atoms with Crippen molar-refractivity contribution in [2.24, 2.45) is 0 Å². The predicted octanol–water partition coefficient (Wildman–Crippen LogP) is 3.87. The summed E-state index contributed by atoms with van der Waals surface area (Å²) in [6, 6.07) is 15.2. The number of carbonyl (C=O) groups is 3. The number of carbonyl (C=O) groups excluding carboxylic acids is 3. The summed E-state index contributed by atoms with van der Waals surface area (Å²) in [4.78, 5) is 42.0. The van der Waals surface area contributed by atoms with E-state index in [-0.39, 0.29) is 19.6 Å². The zero-order valence-corrected chi connectivity index (χ0v) is 21.5. The lowest BCUT2D eigenvalue weighted by Crippen LogP contribution is -2.61. The molecule has 0 aliphatic carbocycles. The largest absolute Gasteiger partial charge is 0.497 e. The summed E-state index contributed by atoms with van der Waals surface area (Å²) < 4.78 is 21.1. The summed E-state index contributed by atoms with van der Waals surface area (Å²) in [6.45, 7) is 4.63. The van der Waals surface area contributed by atoms with E-state index in [2.05, 4.69) is 10.3 Å². The van der Waals surface area contributed by atoms with Gasteiger partial charge in [-0.1, -0.05) is 36.4 Å². The van der Waals surface area contributed by atoms with Crippen LogP contribution < -0.4 is 10.1 Å². The summed E-state index contributed by atoms with van der Waals surface area (Å²) in [5.41, 5.74) is 1.54. The van der Waals surface area contributed by atoms with Gasteiger partial charge in [-0.25, -0.2) is 14.6 Å². The first-order chi connectivity index (χ1) is 17.8.